The number of nitrogens with zero attached hydrogens (tertiary/aromatic N) is 4. The van der Waals surface area contributed by atoms with Gasteiger partial charge >= 0.3 is 0 Å². The van der Waals surface area contributed by atoms with Crippen molar-refractivity contribution >= 4 is 5.91 Å². The van der Waals surface area contributed by atoms with Crippen LogP contribution < -0.4 is 5.32 Å². The van der Waals surface area contributed by atoms with E-state index in [0.29, 0.717) is 18.8 Å². The van der Waals surface area contributed by atoms with Crippen LogP contribution in [0.1, 0.15) is 35.6 Å². The van der Waals surface area contributed by atoms with E-state index in [2.05, 4.69) is 15.5 Å². The second-order valence-corrected chi connectivity index (χ2v) is 4.31. The number of nitrogens with one attached hydrogen (secondary N) is 1. The number of hydrogen-bond acceptors (Lipinski definition) is 3. The summed E-state index contributed by atoms with van der Waals surface area (Å²) in [5.74, 6) is -0.108. The second kappa shape index (κ2) is 5.69. The highest BCUT2D eigenvalue weighted by molar-refractivity contribution is 5.92. The Morgan fingerprint density at radius 2 is 2.16 bits per heavy atom. The zero-order chi connectivity index (χ0) is 13.8. The third-order valence-electron chi connectivity index (χ3n) is 3.06. The SMILES string of the molecule is CCn1cc(CNC(=O)c2ccnn2CC)c(C)n1. The molecule has 0 aliphatic rings. The van der Waals surface area contributed by atoms with E-state index in [0.717, 1.165) is 17.8 Å². The van der Waals surface area contributed by atoms with Crippen molar-refractivity contribution in [2.24, 2.45) is 0 Å². The number of amides is 1. The number of aryl methyl sites for hydroxylation is 3. The van der Waals surface area contributed by atoms with Crippen LogP contribution in [0.15, 0.2) is 18.5 Å². The van der Waals surface area contributed by atoms with E-state index >= 15 is 0 Å². The standard InChI is InChI=1S/C13H19N5O/c1-4-17-9-11(10(3)16-17)8-14-13(19)12-6-7-15-18(12)5-2/h6-7,9H,4-5,8H2,1-3H3,(H,14,19). The third kappa shape index (κ3) is 2.83. The fourth-order valence-corrected chi connectivity index (χ4v) is 1.94. The summed E-state index contributed by atoms with van der Waals surface area (Å²) in [5, 5.41) is 11.3. The van der Waals surface area contributed by atoms with E-state index in [9.17, 15) is 4.79 Å². The topological polar surface area (TPSA) is 64.7 Å². The normalized spacial score (nSPS) is 10.7. The molecular weight excluding hydrogens is 242 g/mol. The summed E-state index contributed by atoms with van der Waals surface area (Å²) in [4.78, 5) is 12.0. The minimum Gasteiger partial charge on any atom is -0.347 e. The molecule has 0 aliphatic carbocycles. The summed E-state index contributed by atoms with van der Waals surface area (Å²) in [5.41, 5.74) is 2.58. The Labute approximate surface area is 112 Å². The molecule has 2 aromatic rings. The van der Waals surface area contributed by atoms with E-state index in [-0.39, 0.29) is 5.91 Å². The van der Waals surface area contributed by atoms with Crippen LogP contribution in [0.25, 0.3) is 0 Å². The van der Waals surface area contributed by atoms with Gasteiger partial charge in [-0.1, -0.05) is 0 Å². The summed E-state index contributed by atoms with van der Waals surface area (Å²) in [6.45, 7) is 7.94. The molecule has 0 radical (unpaired) electrons. The Hall–Kier alpha value is -2.11. The first-order valence-electron chi connectivity index (χ1n) is 6.48. The lowest BCUT2D eigenvalue weighted by Crippen LogP contribution is -2.25. The molecule has 0 atom stereocenters. The Balaban J connectivity index is 2.02. The monoisotopic (exact) mass is 261 g/mol. The number of carbonyl (C=O) groups is 1. The van der Waals surface area contributed by atoms with Crippen LogP contribution in [0.2, 0.25) is 0 Å². The molecule has 0 unspecified atom stereocenters. The maximum atomic E-state index is 12.0. The van der Waals surface area contributed by atoms with Crippen LogP contribution in [0, 0.1) is 6.92 Å². The van der Waals surface area contributed by atoms with Crippen LogP contribution in [-0.2, 0) is 19.6 Å². The van der Waals surface area contributed by atoms with Crippen LogP contribution in [-0.4, -0.2) is 25.5 Å². The number of rotatable bonds is 5. The fourth-order valence-electron chi connectivity index (χ4n) is 1.94. The molecule has 0 aliphatic heterocycles. The molecule has 6 heteroatoms. The summed E-state index contributed by atoms with van der Waals surface area (Å²) in [6, 6.07) is 1.72. The molecule has 0 saturated heterocycles. The first-order valence-corrected chi connectivity index (χ1v) is 6.48. The third-order valence-corrected chi connectivity index (χ3v) is 3.06. The zero-order valence-corrected chi connectivity index (χ0v) is 11.6. The van der Waals surface area contributed by atoms with Gasteiger partial charge in [0, 0.05) is 37.6 Å². The molecule has 0 bridgehead atoms. The van der Waals surface area contributed by atoms with Gasteiger partial charge in [-0.25, -0.2) is 0 Å². The Bertz CT molecular complexity index is 569. The van der Waals surface area contributed by atoms with Crippen LogP contribution in [0.5, 0.6) is 0 Å². The lowest BCUT2D eigenvalue weighted by molar-refractivity contribution is 0.0940. The molecule has 0 spiro atoms. The quantitative estimate of drug-likeness (QED) is 0.883. The van der Waals surface area contributed by atoms with Crippen LogP contribution in [0.3, 0.4) is 0 Å². The molecule has 2 heterocycles. The summed E-state index contributed by atoms with van der Waals surface area (Å²) < 4.78 is 3.55. The lowest BCUT2D eigenvalue weighted by Gasteiger charge is -2.06. The van der Waals surface area contributed by atoms with Gasteiger partial charge in [0.15, 0.2) is 0 Å². The molecule has 0 saturated carbocycles. The van der Waals surface area contributed by atoms with Crippen molar-refractivity contribution in [2.45, 2.75) is 40.4 Å². The Kier molecular flexibility index (Phi) is 3.99. The van der Waals surface area contributed by atoms with E-state index in [1.807, 2.05) is 31.6 Å². The molecule has 0 aromatic carbocycles. The minimum absolute atomic E-state index is 0.108. The molecule has 0 fully saturated rings. The van der Waals surface area contributed by atoms with Crippen molar-refractivity contribution < 1.29 is 4.79 Å². The Morgan fingerprint density at radius 1 is 1.37 bits per heavy atom. The first-order chi connectivity index (χ1) is 9.15. The summed E-state index contributed by atoms with van der Waals surface area (Å²) in [7, 11) is 0. The van der Waals surface area contributed by atoms with Gasteiger partial charge in [0.25, 0.3) is 5.91 Å². The van der Waals surface area contributed by atoms with E-state index in [1.54, 1.807) is 16.9 Å². The van der Waals surface area contributed by atoms with Gasteiger partial charge < -0.3 is 5.32 Å². The average molecular weight is 261 g/mol. The van der Waals surface area contributed by atoms with Crippen molar-refractivity contribution in [1.82, 2.24) is 24.9 Å². The maximum absolute atomic E-state index is 12.0. The van der Waals surface area contributed by atoms with Crippen molar-refractivity contribution in [2.75, 3.05) is 0 Å². The van der Waals surface area contributed by atoms with Gasteiger partial charge in [0.1, 0.15) is 5.69 Å². The minimum atomic E-state index is -0.108. The van der Waals surface area contributed by atoms with Crippen molar-refractivity contribution in [1.29, 1.82) is 0 Å². The molecular formula is C13H19N5O. The molecule has 19 heavy (non-hydrogen) atoms. The number of hydrogen-bond donors (Lipinski definition) is 1. The number of carbonyl (C=O) groups excluding carboxylic acids is 1. The van der Waals surface area contributed by atoms with Crippen molar-refractivity contribution in [3.8, 4) is 0 Å². The van der Waals surface area contributed by atoms with E-state index in [4.69, 9.17) is 0 Å². The highest BCUT2D eigenvalue weighted by Crippen LogP contribution is 2.06. The van der Waals surface area contributed by atoms with Gasteiger partial charge in [-0.05, 0) is 26.8 Å². The summed E-state index contributed by atoms with van der Waals surface area (Å²) in [6.07, 6.45) is 3.60. The highest BCUT2D eigenvalue weighted by Gasteiger charge is 2.12. The van der Waals surface area contributed by atoms with Gasteiger partial charge in [-0.15, -0.1) is 0 Å². The summed E-state index contributed by atoms with van der Waals surface area (Å²) >= 11 is 0. The smallest absolute Gasteiger partial charge is 0.269 e. The van der Waals surface area contributed by atoms with Gasteiger partial charge in [0.05, 0.1) is 5.69 Å². The van der Waals surface area contributed by atoms with Gasteiger partial charge in [0.2, 0.25) is 0 Å². The zero-order valence-electron chi connectivity index (χ0n) is 11.6. The number of aromatic nitrogens is 4. The second-order valence-electron chi connectivity index (χ2n) is 4.31. The molecule has 6 nitrogen and oxygen atoms in total. The predicted octanol–water partition coefficient (Wildman–Crippen LogP) is 1.36. The van der Waals surface area contributed by atoms with E-state index in [1.165, 1.54) is 0 Å². The predicted molar refractivity (Wildman–Crippen MR) is 71.7 cm³/mol. The molecule has 1 amide bonds. The van der Waals surface area contributed by atoms with Gasteiger partial charge in [-0.3, -0.25) is 14.2 Å². The highest BCUT2D eigenvalue weighted by atomic mass is 16.2. The van der Waals surface area contributed by atoms with Crippen molar-refractivity contribution in [3.05, 3.63) is 35.4 Å². The van der Waals surface area contributed by atoms with Gasteiger partial charge in [-0.2, -0.15) is 10.2 Å². The van der Waals surface area contributed by atoms with E-state index < -0.39 is 0 Å². The molecule has 2 rings (SSSR count). The molecule has 102 valence electrons. The van der Waals surface area contributed by atoms with Crippen LogP contribution >= 0.6 is 0 Å². The average Bonchev–Trinajstić information content (AvgIpc) is 3.02. The molecule has 2 aromatic heterocycles. The Morgan fingerprint density at radius 3 is 2.79 bits per heavy atom. The molecule has 1 N–H and O–H groups in total. The fraction of sp³-hybridized carbons (Fsp3) is 0.462. The largest absolute Gasteiger partial charge is 0.347 e. The van der Waals surface area contributed by atoms with Crippen molar-refractivity contribution in [3.63, 3.8) is 0 Å². The first kappa shape index (κ1) is 13.3. The van der Waals surface area contributed by atoms with Crippen LogP contribution in [0.4, 0.5) is 0 Å². The lowest BCUT2D eigenvalue weighted by atomic mass is 10.2. The maximum Gasteiger partial charge on any atom is 0.269 e.